The number of halogens is 1. The van der Waals surface area contributed by atoms with Crippen LogP contribution in [-0.4, -0.2) is 55.6 Å². The lowest BCUT2D eigenvalue weighted by Gasteiger charge is -2.41. The van der Waals surface area contributed by atoms with E-state index in [0.29, 0.717) is 29.9 Å². The minimum absolute atomic E-state index is 0.0651. The smallest absolute Gasteiger partial charge is 0.227 e. The van der Waals surface area contributed by atoms with Crippen LogP contribution in [0, 0.1) is 0 Å². The van der Waals surface area contributed by atoms with Crippen molar-refractivity contribution < 1.29 is 9.66 Å². The first-order valence-electron chi connectivity index (χ1n) is 11.0. The third kappa shape index (κ3) is 3.69. The van der Waals surface area contributed by atoms with Crippen LogP contribution in [0.1, 0.15) is 48.7 Å². The Kier molecular flexibility index (Phi) is 5.51. The van der Waals surface area contributed by atoms with Gasteiger partial charge in [-0.25, -0.2) is 9.97 Å². The van der Waals surface area contributed by atoms with Gasteiger partial charge in [-0.05, 0) is 49.3 Å². The maximum Gasteiger partial charge on any atom is 0.227 e. The number of hydrogen-bond acceptors (Lipinski definition) is 9. The maximum atomic E-state index is 12.6. The van der Waals surface area contributed by atoms with Crippen molar-refractivity contribution in [2.75, 3.05) is 35.7 Å². The molecular formula is C21H24ClN5O2S3. The van der Waals surface area contributed by atoms with Crippen molar-refractivity contribution in [3.8, 4) is 0 Å². The van der Waals surface area contributed by atoms with E-state index in [1.165, 1.54) is 9.71 Å². The molecule has 1 atom stereocenters. The lowest BCUT2D eigenvalue weighted by Crippen LogP contribution is -2.49. The zero-order valence-electron chi connectivity index (χ0n) is 17.5. The summed E-state index contributed by atoms with van der Waals surface area (Å²) in [6, 6.07) is 2.01. The van der Waals surface area contributed by atoms with E-state index >= 15 is 0 Å². The molecule has 32 heavy (non-hydrogen) atoms. The van der Waals surface area contributed by atoms with Gasteiger partial charge in [0.25, 0.3) is 0 Å². The van der Waals surface area contributed by atoms with Crippen LogP contribution in [0.25, 0.3) is 9.53 Å². The molecule has 6 rings (SSSR count). The van der Waals surface area contributed by atoms with E-state index in [4.69, 9.17) is 26.6 Å². The number of rotatable bonds is 5. The number of hydrogen-bond donors (Lipinski definition) is 2. The highest BCUT2D eigenvalue weighted by molar-refractivity contribution is 7.91. The fourth-order valence-corrected chi connectivity index (χ4v) is 8.63. The molecule has 0 amide bonds. The SMILES string of the molecule is [O-][S@+]1CCc2nc(N3CCC(c4nc5sc(Cl)cc5s4)CC3)nc(NC3(CO)CCC3)c21. The molecule has 0 unspecified atom stereocenters. The number of thiophene rings is 1. The van der Waals surface area contributed by atoms with Gasteiger partial charge in [-0.1, -0.05) is 11.6 Å². The standard InChI is InChI=1S/C21H24ClN5O2S3/c22-15-10-14-19(31-15)25-18(30-14)12-2-7-27(8-3-12)20-23-13-4-9-32(29)16(13)17(24-20)26-21(11-28)5-1-6-21/h10,12,28H,1-9,11H2,(H,23,24,26)/t32-/m1/s1. The topological polar surface area (TPSA) is 97.2 Å². The molecule has 1 saturated heterocycles. The zero-order chi connectivity index (χ0) is 21.9. The number of aliphatic hydroxyl groups excluding tert-OH is 1. The average Bonchev–Trinajstić information content (AvgIpc) is 3.43. The zero-order valence-corrected chi connectivity index (χ0v) is 20.7. The number of aryl methyl sites for hydroxylation is 1. The Morgan fingerprint density at radius 2 is 2.06 bits per heavy atom. The lowest BCUT2D eigenvalue weighted by atomic mass is 9.77. The van der Waals surface area contributed by atoms with Gasteiger partial charge in [0.15, 0.2) is 5.82 Å². The molecule has 1 aliphatic carbocycles. The Labute approximate surface area is 202 Å². The summed E-state index contributed by atoms with van der Waals surface area (Å²) in [5.74, 6) is 2.42. The second-order valence-electron chi connectivity index (χ2n) is 8.90. The highest BCUT2D eigenvalue weighted by atomic mass is 35.5. The molecule has 0 aromatic carbocycles. The number of aliphatic hydroxyl groups is 1. The molecule has 5 heterocycles. The van der Waals surface area contributed by atoms with E-state index in [9.17, 15) is 9.66 Å². The number of thiazole rings is 1. The maximum absolute atomic E-state index is 12.6. The molecule has 3 aromatic rings. The van der Waals surface area contributed by atoms with Crippen molar-refractivity contribution in [2.45, 2.75) is 54.9 Å². The first kappa shape index (κ1) is 21.4. The molecule has 0 spiro atoms. The summed E-state index contributed by atoms with van der Waals surface area (Å²) in [7, 11) is 0. The van der Waals surface area contributed by atoms with Crippen molar-refractivity contribution in [1.29, 1.82) is 0 Å². The van der Waals surface area contributed by atoms with Gasteiger partial charge >= 0.3 is 0 Å². The monoisotopic (exact) mass is 509 g/mol. The highest BCUT2D eigenvalue weighted by Gasteiger charge is 2.41. The summed E-state index contributed by atoms with van der Waals surface area (Å²) in [5, 5.41) is 14.6. The Balaban J connectivity index is 1.22. The fraction of sp³-hybridized carbons (Fsp3) is 0.571. The number of anilines is 2. The number of aromatic nitrogens is 3. The summed E-state index contributed by atoms with van der Waals surface area (Å²) in [5.41, 5.74) is 0.558. The van der Waals surface area contributed by atoms with Crippen molar-refractivity contribution in [3.05, 3.63) is 21.1 Å². The molecular weight excluding hydrogens is 486 g/mol. The van der Waals surface area contributed by atoms with Gasteiger partial charge in [0.2, 0.25) is 10.8 Å². The Morgan fingerprint density at radius 1 is 1.25 bits per heavy atom. The van der Waals surface area contributed by atoms with E-state index < -0.39 is 11.2 Å². The Morgan fingerprint density at radius 3 is 2.75 bits per heavy atom. The van der Waals surface area contributed by atoms with E-state index in [2.05, 4.69) is 10.2 Å². The highest BCUT2D eigenvalue weighted by Crippen LogP contribution is 2.41. The van der Waals surface area contributed by atoms with E-state index in [1.807, 2.05) is 6.07 Å². The second-order valence-corrected chi connectivity index (χ2v) is 13.1. The number of nitrogens with one attached hydrogen (secondary N) is 1. The first-order chi connectivity index (χ1) is 15.5. The van der Waals surface area contributed by atoms with Crippen molar-refractivity contribution in [1.82, 2.24) is 15.0 Å². The molecule has 7 nitrogen and oxygen atoms in total. The van der Waals surface area contributed by atoms with Crippen LogP contribution in [0.3, 0.4) is 0 Å². The average molecular weight is 510 g/mol. The van der Waals surface area contributed by atoms with Crippen LogP contribution in [0.2, 0.25) is 4.34 Å². The second kappa shape index (κ2) is 8.25. The molecule has 2 fully saturated rings. The van der Waals surface area contributed by atoms with Gasteiger partial charge in [0.1, 0.15) is 16.3 Å². The number of piperidine rings is 1. The van der Waals surface area contributed by atoms with Crippen molar-refractivity contribution in [3.63, 3.8) is 0 Å². The summed E-state index contributed by atoms with van der Waals surface area (Å²) in [4.78, 5) is 18.5. The molecule has 2 aliphatic heterocycles. The van der Waals surface area contributed by atoms with Gasteiger partial charge in [-0.15, -0.1) is 22.7 Å². The molecule has 1 saturated carbocycles. The molecule has 3 aliphatic rings. The minimum Gasteiger partial charge on any atom is -0.611 e. The van der Waals surface area contributed by atoms with Crippen LogP contribution in [-0.2, 0) is 17.6 Å². The predicted molar refractivity (Wildman–Crippen MR) is 131 cm³/mol. The molecule has 170 valence electrons. The molecule has 11 heteroatoms. The van der Waals surface area contributed by atoms with Crippen LogP contribution in [0.15, 0.2) is 11.0 Å². The van der Waals surface area contributed by atoms with Crippen LogP contribution in [0.5, 0.6) is 0 Å². The normalized spacial score (nSPS) is 22.8. The van der Waals surface area contributed by atoms with Crippen molar-refractivity contribution in [2.24, 2.45) is 0 Å². The van der Waals surface area contributed by atoms with Gasteiger partial charge in [0.05, 0.1) is 26.2 Å². The third-order valence-electron chi connectivity index (χ3n) is 6.88. The molecule has 0 radical (unpaired) electrons. The first-order valence-corrected chi connectivity index (χ1v) is 14.4. The van der Waals surface area contributed by atoms with Gasteiger partial charge in [-0.3, -0.25) is 0 Å². The molecule has 2 N–H and O–H groups in total. The molecule has 3 aromatic heterocycles. The largest absolute Gasteiger partial charge is 0.611 e. The quantitative estimate of drug-likeness (QED) is 0.498. The summed E-state index contributed by atoms with van der Waals surface area (Å²) >= 11 is 8.32. The fourth-order valence-electron chi connectivity index (χ4n) is 4.81. The van der Waals surface area contributed by atoms with E-state index in [0.717, 1.165) is 64.9 Å². The summed E-state index contributed by atoms with van der Waals surface area (Å²) < 4.78 is 14.6. The van der Waals surface area contributed by atoms with Gasteiger partial charge in [-0.2, -0.15) is 4.98 Å². The van der Waals surface area contributed by atoms with Crippen LogP contribution < -0.4 is 10.2 Å². The predicted octanol–water partition coefficient (Wildman–Crippen LogP) is 4.18. The molecule has 0 bridgehead atoms. The van der Waals surface area contributed by atoms with Crippen molar-refractivity contribution >= 4 is 66.7 Å². The number of nitrogens with zero attached hydrogens (tertiary/aromatic N) is 4. The number of fused-ring (bicyclic) bond motifs is 2. The Hall–Kier alpha value is -1.17. The Bertz CT molecular complexity index is 1120. The van der Waals surface area contributed by atoms with Crippen LogP contribution >= 0.6 is 34.3 Å². The van der Waals surface area contributed by atoms with Gasteiger partial charge in [0, 0.05) is 25.4 Å². The summed E-state index contributed by atoms with van der Waals surface area (Å²) in [6.45, 7) is 1.80. The van der Waals surface area contributed by atoms with Gasteiger partial charge < -0.3 is 19.9 Å². The summed E-state index contributed by atoms with van der Waals surface area (Å²) in [6.07, 6.45) is 5.63. The van der Waals surface area contributed by atoms with E-state index in [1.54, 1.807) is 22.7 Å². The van der Waals surface area contributed by atoms with Crippen LogP contribution in [0.4, 0.5) is 11.8 Å². The minimum atomic E-state index is -1.08. The van der Waals surface area contributed by atoms with E-state index in [-0.39, 0.29) is 12.1 Å². The third-order valence-corrected chi connectivity index (χ3v) is 10.8. The lowest BCUT2D eigenvalue weighted by molar-refractivity contribution is 0.143.